The van der Waals surface area contributed by atoms with E-state index in [1.54, 1.807) is 37.5 Å². The van der Waals surface area contributed by atoms with Gasteiger partial charge in [-0.3, -0.25) is 14.5 Å². The maximum Gasteiger partial charge on any atom is 0.293 e. The molecular formula is C26H20BrCl2NO4S. The van der Waals surface area contributed by atoms with Crippen LogP contribution in [0.2, 0.25) is 10.0 Å². The number of nitrogens with zero attached hydrogens (tertiary/aromatic N) is 1. The Morgan fingerprint density at radius 2 is 1.77 bits per heavy atom. The molecule has 0 N–H and O–H groups in total. The molecular weight excluding hydrogens is 573 g/mol. The van der Waals surface area contributed by atoms with Crippen LogP contribution in [0.1, 0.15) is 22.3 Å². The fraction of sp³-hybridized carbons (Fsp3) is 0.154. The SMILES string of the molecule is COc1cc(/C=C2\SC(=O)N(Cc3c(Cl)cccc3Cl)C2=O)cc(Br)c1OCc1ccccc1C. The zero-order chi connectivity index (χ0) is 25.1. The first kappa shape index (κ1) is 25.6. The van der Waals surface area contributed by atoms with E-state index in [4.69, 9.17) is 32.7 Å². The van der Waals surface area contributed by atoms with Crippen LogP contribution in [0.15, 0.2) is 64.0 Å². The summed E-state index contributed by atoms with van der Waals surface area (Å²) in [6.07, 6.45) is 1.65. The second-order valence-corrected chi connectivity index (χ2v) is 10.4. The van der Waals surface area contributed by atoms with Crippen molar-refractivity contribution in [3.05, 3.63) is 96.3 Å². The Labute approximate surface area is 226 Å². The molecule has 0 spiro atoms. The molecule has 0 aromatic heterocycles. The number of carbonyl (C=O) groups excluding carboxylic acids is 2. The fourth-order valence-corrected chi connectivity index (χ4v) is 5.44. The number of imide groups is 1. The average molecular weight is 593 g/mol. The van der Waals surface area contributed by atoms with Gasteiger partial charge in [0.2, 0.25) is 0 Å². The molecule has 0 aliphatic carbocycles. The molecule has 3 aromatic rings. The first-order valence-electron chi connectivity index (χ1n) is 10.5. The van der Waals surface area contributed by atoms with Crippen molar-refractivity contribution < 1.29 is 19.1 Å². The minimum Gasteiger partial charge on any atom is -0.493 e. The molecule has 1 heterocycles. The molecule has 5 nitrogen and oxygen atoms in total. The summed E-state index contributed by atoms with van der Waals surface area (Å²) >= 11 is 16.9. The third-order valence-corrected chi connectivity index (χ3v) is 7.64. The lowest BCUT2D eigenvalue weighted by molar-refractivity contribution is -0.123. The third-order valence-electron chi connectivity index (χ3n) is 5.43. The number of methoxy groups -OCH3 is 1. The van der Waals surface area contributed by atoms with Crippen LogP contribution >= 0.6 is 50.9 Å². The molecule has 0 bridgehead atoms. The Morgan fingerprint density at radius 3 is 2.46 bits per heavy atom. The van der Waals surface area contributed by atoms with E-state index < -0.39 is 5.91 Å². The summed E-state index contributed by atoms with van der Waals surface area (Å²) < 4.78 is 12.2. The Hall–Kier alpha value is -2.45. The molecule has 180 valence electrons. The van der Waals surface area contributed by atoms with Crippen LogP contribution in [0.25, 0.3) is 6.08 Å². The minimum atomic E-state index is -0.411. The van der Waals surface area contributed by atoms with Crippen LogP contribution < -0.4 is 9.47 Å². The summed E-state index contributed by atoms with van der Waals surface area (Å²) in [6, 6.07) is 16.6. The Balaban J connectivity index is 1.56. The molecule has 0 saturated carbocycles. The predicted octanol–water partition coefficient (Wildman–Crippen LogP) is 7.89. The van der Waals surface area contributed by atoms with Crippen LogP contribution in [0.5, 0.6) is 11.5 Å². The summed E-state index contributed by atoms with van der Waals surface area (Å²) in [7, 11) is 1.55. The Bertz CT molecular complexity index is 1320. The highest BCUT2D eigenvalue weighted by molar-refractivity contribution is 9.10. The summed E-state index contributed by atoms with van der Waals surface area (Å²) in [6.45, 7) is 2.41. The standard InChI is InChI=1S/C26H20BrCl2NO4S/c1-15-6-3-4-7-17(15)14-34-24-19(27)10-16(11-22(24)33-2)12-23-25(31)30(26(32)35-23)13-18-20(28)8-5-9-21(18)29/h3-12H,13-14H2,1-2H3/b23-12-. The second-order valence-electron chi connectivity index (χ2n) is 7.72. The molecule has 1 saturated heterocycles. The van der Waals surface area contributed by atoms with Crippen molar-refractivity contribution in [2.75, 3.05) is 7.11 Å². The summed E-state index contributed by atoms with van der Waals surface area (Å²) in [5, 5.41) is 0.410. The van der Waals surface area contributed by atoms with E-state index in [1.165, 1.54) is 0 Å². The highest BCUT2D eigenvalue weighted by Gasteiger charge is 2.35. The van der Waals surface area contributed by atoms with Crippen molar-refractivity contribution in [2.45, 2.75) is 20.1 Å². The van der Waals surface area contributed by atoms with Gasteiger partial charge in [0.05, 0.1) is 23.0 Å². The average Bonchev–Trinajstić information content (AvgIpc) is 3.08. The molecule has 0 radical (unpaired) electrons. The van der Waals surface area contributed by atoms with E-state index in [0.717, 1.165) is 27.8 Å². The number of carbonyl (C=O) groups is 2. The lowest BCUT2D eigenvalue weighted by atomic mass is 10.1. The maximum atomic E-state index is 13.0. The normalized spacial score (nSPS) is 14.7. The van der Waals surface area contributed by atoms with Crippen LogP contribution in [-0.4, -0.2) is 23.2 Å². The lowest BCUT2D eigenvalue weighted by Crippen LogP contribution is -2.27. The van der Waals surface area contributed by atoms with Gasteiger partial charge in [-0.25, -0.2) is 0 Å². The molecule has 0 atom stereocenters. The molecule has 2 amide bonds. The molecule has 1 fully saturated rings. The van der Waals surface area contributed by atoms with Gasteiger partial charge in [0.1, 0.15) is 6.61 Å². The van der Waals surface area contributed by atoms with Crippen molar-refractivity contribution in [2.24, 2.45) is 0 Å². The lowest BCUT2D eigenvalue weighted by Gasteiger charge is -2.15. The first-order valence-corrected chi connectivity index (χ1v) is 12.9. The quantitative estimate of drug-likeness (QED) is 0.261. The number of hydrogen-bond donors (Lipinski definition) is 0. The van der Waals surface area contributed by atoms with Gasteiger partial charge in [0.25, 0.3) is 11.1 Å². The maximum absolute atomic E-state index is 13.0. The van der Waals surface area contributed by atoms with Crippen molar-refractivity contribution >= 4 is 68.1 Å². The number of halogens is 3. The van der Waals surface area contributed by atoms with Gasteiger partial charge in [-0.15, -0.1) is 0 Å². The number of ether oxygens (including phenoxy) is 2. The monoisotopic (exact) mass is 591 g/mol. The van der Waals surface area contributed by atoms with E-state index in [2.05, 4.69) is 15.9 Å². The largest absolute Gasteiger partial charge is 0.493 e. The van der Waals surface area contributed by atoms with Crippen molar-refractivity contribution in [1.29, 1.82) is 0 Å². The van der Waals surface area contributed by atoms with Crippen molar-refractivity contribution in [3.63, 3.8) is 0 Å². The van der Waals surface area contributed by atoms with E-state index in [9.17, 15) is 9.59 Å². The predicted molar refractivity (Wildman–Crippen MR) is 144 cm³/mol. The van der Waals surface area contributed by atoms with Crippen molar-refractivity contribution in [3.8, 4) is 11.5 Å². The smallest absolute Gasteiger partial charge is 0.293 e. The number of aryl methyl sites for hydroxylation is 1. The fourth-order valence-electron chi connectivity index (χ4n) is 3.51. The van der Waals surface area contributed by atoms with E-state index >= 15 is 0 Å². The summed E-state index contributed by atoms with van der Waals surface area (Å²) in [5.74, 6) is 0.640. The van der Waals surface area contributed by atoms with Crippen LogP contribution in [0.3, 0.4) is 0 Å². The van der Waals surface area contributed by atoms with Gasteiger partial charge in [-0.1, -0.05) is 53.5 Å². The van der Waals surface area contributed by atoms with Gasteiger partial charge in [-0.2, -0.15) is 0 Å². The zero-order valence-electron chi connectivity index (χ0n) is 18.8. The molecule has 9 heteroatoms. The van der Waals surface area contributed by atoms with E-state index in [-0.39, 0.29) is 11.8 Å². The third kappa shape index (κ3) is 5.70. The number of rotatable bonds is 7. The van der Waals surface area contributed by atoms with Crippen LogP contribution in [-0.2, 0) is 17.9 Å². The Morgan fingerprint density at radius 1 is 1.06 bits per heavy atom. The number of thioether (sulfide) groups is 1. The highest BCUT2D eigenvalue weighted by Crippen LogP contribution is 2.40. The van der Waals surface area contributed by atoms with Gasteiger partial charge >= 0.3 is 0 Å². The van der Waals surface area contributed by atoms with Gasteiger partial charge in [0.15, 0.2) is 11.5 Å². The summed E-state index contributed by atoms with van der Waals surface area (Å²) in [4.78, 5) is 27.0. The van der Waals surface area contributed by atoms with Crippen molar-refractivity contribution in [1.82, 2.24) is 4.90 Å². The van der Waals surface area contributed by atoms with Gasteiger partial charge in [0, 0.05) is 15.6 Å². The number of benzene rings is 3. The topological polar surface area (TPSA) is 55.8 Å². The zero-order valence-corrected chi connectivity index (χ0v) is 22.7. The van der Waals surface area contributed by atoms with Crippen LogP contribution in [0, 0.1) is 6.92 Å². The number of amides is 2. The molecule has 1 aliphatic heterocycles. The minimum absolute atomic E-state index is 0.000784. The van der Waals surface area contributed by atoms with Crippen LogP contribution in [0.4, 0.5) is 4.79 Å². The van der Waals surface area contributed by atoms with Gasteiger partial charge < -0.3 is 9.47 Å². The van der Waals surface area contributed by atoms with E-state index in [1.807, 2.05) is 37.3 Å². The molecule has 3 aromatic carbocycles. The molecule has 4 rings (SSSR count). The highest BCUT2D eigenvalue weighted by atomic mass is 79.9. The number of hydrogen-bond acceptors (Lipinski definition) is 5. The molecule has 35 heavy (non-hydrogen) atoms. The molecule has 1 aliphatic rings. The second kappa shape index (κ2) is 11.1. The van der Waals surface area contributed by atoms with Gasteiger partial charge in [-0.05, 0) is 81.6 Å². The molecule has 0 unspecified atom stereocenters. The first-order chi connectivity index (χ1) is 16.8. The Kier molecular flexibility index (Phi) is 8.12. The summed E-state index contributed by atoms with van der Waals surface area (Å²) in [5.41, 5.74) is 3.41. The van der Waals surface area contributed by atoms with E-state index in [0.29, 0.717) is 48.7 Å².